The molecule has 144 valence electrons. The highest BCUT2D eigenvalue weighted by Gasteiger charge is 2.32. The van der Waals surface area contributed by atoms with Crippen molar-refractivity contribution in [3.63, 3.8) is 0 Å². The molecule has 2 aromatic carbocycles. The third-order valence-corrected chi connectivity index (χ3v) is 6.90. The minimum atomic E-state index is 0.0662. The summed E-state index contributed by atoms with van der Waals surface area (Å²) in [6.07, 6.45) is 4.51. The topological polar surface area (TPSA) is 35.5 Å². The second-order valence-electron chi connectivity index (χ2n) is 7.05. The predicted molar refractivity (Wildman–Crippen MR) is 115 cm³/mol. The zero-order valence-electron chi connectivity index (χ0n) is 15.6. The van der Waals surface area contributed by atoms with Gasteiger partial charge in [-0.05, 0) is 73.2 Å². The summed E-state index contributed by atoms with van der Waals surface area (Å²) in [6.45, 7) is 0. The maximum absolute atomic E-state index is 13.2. The quantitative estimate of drug-likeness (QED) is 0.493. The van der Waals surface area contributed by atoms with E-state index < -0.39 is 0 Å². The van der Waals surface area contributed by atoms with E-state index in [1.165, 1.54) is 0 Å². The van der Waals surface area contributed by atoms with Gasteiger partial charge in [0.15, 0.2) is 0 Å². The SMILES string of the molecule is COc1ccc(Br)c(CC2CCCC(Cc3cc(OC)ccc3Br)C2=O)c1. The number of carbonyl (C=O) groups is 1. The van der Waals surface area contributed by atoms with Crippen molar-refractivity contribution in [2.45, 2.75) is 32.1 Å². The maximum atomic E-state index is 13.2. The minimum Gasteiger partial charge on any atom is -0.497 e. The number of hydrogen-bond donors (Lipinski definition) is 0. The van der Waals surface area contributed by atoms with Crippen LogP contribution in [0.3, 0.4) is 0 Å². The van der Waals surface area contributed by atoms with Crippen molar-refractivity contribution in [3.8, 4) is 11.5 Å². The second-order valence-corrected chi connectivity index (χ2v) is 8.76. The molecule has 0 aromatic heterocycles. The lowest BCUT2D eigenvalue weighted by atomic mass is 9.75. The average Bonchev–Trinajstić information content (AvgIpc) is 2.68. The fourth-order valence-electron chi connectivity index (χ4n) is 3.83. The zero-order valence-corrected chi connectivity index (χ0v) is 18.8. The lowest BCUT2D eigenvalue weighted by molar-refractivity contribution is -0.129. The summed E-state index contributed by atoms with van der Waals surface area (Å²) in [7, 11) is 3.33. The van der Waals surface area contributed by atoms with Gasteiger partial charge < -0.3 is 9.47 Å². The van der Waals surface area contributed by atoms with Gasteiger partial charge in [0.05, 0.1) is 14.2 Å². The van der Waals surface area contributed by atoms with E-state index in [-0.39, 0.29) is 11.8 Å². The summed E-state index contributed by atoms with van der Waals surface area (Å²) < 4.78 is 12.7. The molecule has 0 N–H and O–H groups in total. The van der Waals surface area contributed by atoms with Crippen molar-refractivity contribution in [1.82, 2.24) is 0 Å². The summed E-state index contributed by atoms with van der Waals surface area (Å²) in [6, 6.07) is 11.9. The van der Waals surface area contributed by atoms with Gasteiger partial charge in [-0.2, -0.15) is 0 Å². The Bertz CT molecular complexity index is 754. The molecule has 0 heterocycles. The molecule has 0 amide bonds. The van der Waals surface area contributed by atoms with Gasteiger partial charge in [-0.3, -0.25) is 4.79 Å². The first-order chi connectivity index (χ1) is 13.0. The first-order valence-electron chi connectivity index (χ1n) is 9.20. The largest absolute Gasteiger partial charge is 0.497 e. The molecule has 2 unspecified atom stereocenters. The molecule has 1 aliphatic rings. The van der Waals surface area contributed by atoms with Crippen LogP contribution in [0.15, 0.2) is 45.3 Å². The van der Waals surface area contributed by atoms with E-state index in [0.29, 0.717) is 5.78 Å². The number of ether oxygens (including phenoxy) is 2. The van der Waals surface area contributed by atoms with Crippen molar-refractivity contribution < 1.29 is 14.3 Å². The molecular weight excluding hydrogens is 472 g/mol. The Hall–Kier alpha value is -1.33. The van der Waals surface area contributed by atoms with Crippen molar-refractivity contribution in [3.05, 3.63) is 56.5 Å². The van der Waals surface area contributed by atoms with Gasteiger partial charge in [0, 0.05) is 20.8 Å². The van der Waals surface area contributed by atoms with Crippen LogP contribution in [0.2, 0.25) is 0 Å². The summed E-state index contributed by atoms with van der Waals surface area (Å²) in [5.74, 6) is 2.17. The third kappa shape index (κ3) is 4.94. The number of methoxy groups -OCH3 is 2. The predicted octanol–water partition coefficient (Wildman–Crippen LogP) is 6.00. The van der Waals surface area contributed by atoms with Crippen molar-refractivity contribution in [1.29, 1.82) is 0 Å². The van der Waals surface area contributed by atoms with Crippen LogP contribution in [0.5, 0.6) is 11.5 Å². The fraction of sp³-hybridized carbons (Fsp3) is 0.409. The van der Waals surface area contributed by atoms with Crippen LogP contribution in [-0.4, -0.2) is 20.0 Å². The van der Waals surface area contributed by atoms with Crippen LogP contribution in [-0.2, 0) is 17.6 Å². The molecule has 5 heteroatoms. The molecule has 3 rings (SSSR count). The Balaban J connectivity index is 1.74. The molecule has 2 atom stereocenters. The molecule has 0 radical (unpaired) electrons. The lowest BCUT2D eigenvalue weighted by Gasteiger charge is -2.28. The highest BCUT2D eigenvalue weighted by Crippen LogP contribution is 2.35. The van der Waals surface area contributed by atoms with Gasteiger partial charge >= 0.3 is 0 Å². The normalized spacial score (nSPS) is 19.8. The number of halogens is 2. The summed E-state index contributed by atoms with van der Waals surface area (Å²) in [4.78, 5) is 13.2. The van der Waals surface area contributed by atoms with Crippen LogP contribution >= 0.6 is 31.9 Å². The van der Waals surface area contributed by atoms with E-state index in [9.17, 15) is 4.79 Å². The third-order valence-electron chi connectivity index (χ3n) is 5.35. The number of carbonyl (C=O) groups excluding carboxylic acids is 1. The molecule has 0 bridgehead atoms. The number of hydrogen-bond acceptors (Lipinski definition) is 3. The Morgan fingerprint density at radius 3 is 1.70 bits per heavy atom. The van der Waals surface area contributed by atoms with Gasteiger partial charge in [-0.15, -0.1) is 0 Å². The van der Waals surface area contributed by atoms with Crippen LogP contribution in [0.4, 0.5) is 0 Å². The molecular formula is C22H24Br2O3. The molecule has 27 heavy (non-hydrogen) atoms. The molecule has 1 aliphatic carbocycles. The molecule has 3 nitrogen and oxygen atoms in total. The van der Waals surface area contributed by atoms with E-state index in [4.69, 9.17) is 9.47 Å². The van der Waals surface area contributed by atoms with Crippen molar-refractivity contribution in [2.24, 2.45) is 11.8 Å². The fourth-order valence-corrected chi connectivity index (χ4v) is 4.65. The highest BCUT2D eigenvalue weighted by molar-refractivity contribution is 9.10. The van der Waals surface area contributed by atoms with Crippen LogP contribution in [0.1, 0.15) is 30.4 Å². The smallest absolute Gasteiger partial charge is 0.139 e. The van der Waals surface area contributed by atoms with E-state index in [0.717, 1.165) is 63.7 Å². The van der Waals surface area contributed by atoms with Crippen molar-refractivity contribution in [2.75, 3.05) is 14.2 Å². The average molecular weight is 496 g/mol. The number of benzene rings is 2. The van der Waals surface area contributed by atoms with Gasteiger partial charge in [0.2, 0.25) is 0 Å². The van der Waals surface area contributed by atoms with Crippen LogP contribution in [0.25, 0.3) is 0 Å². The highest BCUT2D eigenvalue weighted by atomic mass is 79.9. The van der Waals surface area contributed by atoms with Gasteiger partial charge in [0.25, 0.3) is 0 Å². The lowest BCUT2D eigenvalue weighted by Crippen LogP contribution is -2.31. The monoisotopic (exact) mass is 494 g/mol. The molecule has 1 saturated carbocycles. The first kappa shape index (κ1) is 20.4. The summed E-state index contributed by atoms with van der Waals surface area (Å²) in [5.41, 5.74) is 2.27. The van der Waals surface area contributed by atoms with Crippen molar-refractivity contribution >= 4 is 37.6 Å². The Morgan fingerprint density at radius 1 is 0.852 bits per heavy atom. The standard InChI is InChI=1S/C22H24Br2O3/c1-26-18-6-8-20(23)16(12-18)10-14-4-3-5-15(22(14)25)11-17-13-19(27-2)7-9-21(17)24/h6-9,12-15H,3-5,10-11H2,1-2H3. The first-order valence-corrected chi connectivity index (χ1v) is 10.8. The summed E-state index contributed by atoms with van der Waals surface area (Å²) in [5, 5.41) is 0. The Labute approximate surface area is 177 Å². The summed E-state index contributed by atoms with van der Waals surface area (Å²) >= 11 is 7.23. The van der Waals surface area contributed by atoms with Gasteiger partial charge in [-0.25, -0.2) is 0 Å². The van der Waals surface area contributed by atoms with E-state index in [2.05, 4.69) is 31.9 Å². The van der Waals surface area contributed by atoms with E-state index >= 15 is 0 Å². The molecule has 0 spiro atoms. The molecule has 0 saturated heterocycles. The minimum absolute atomic E-state index is 0.0662. The van der Waals surface area contributed by atoms with E-state index in [1.54, 1.807) is 14.2 Å². The molecule has 0 aliphatic heterocycles. The van der Waals surface area contributed by atoms with Crippen LogP contribution in [0, 0.1) is 11.8 Å². The number of rotatable bonds is 6. The zero-order chi connectivity index (χ0) is 19.4. The number of Topliss-reactive ketones (excluding diaryl/α,β-unsaturated/α-hetero) is 1. The molecule has 2 aromatic rings. The molecule has 1 fully saturated rings. The Kier molecular flexibility index (Phi) is 6.99. The van der Waals surface area contributed by atoms with Gasteiger partial charge in [0.1, 0.15) is 17.3 Å². The van der Waals surface area contributed by atoms with Crippen LogP contribution < -0.4 is 9.47 Å². The number of ketones is 1. The second kappa shape index (κ2) is 9.24. The van der Waals surface area contributed by atoms with E-state index in [1.807, 2.05) is 36.4 Å². The maximum Gasteiger partial charge on any atom is 0.139 e. The Morgan fingerprint density at radius 2 is 1.30 bits per heavy atom. The van der Waals surface area contributed by atoms with Gasteiger partial charge in [-0.1, -0.05) is 38.3 Å².